The van der Waals surface area contributed by atoms with Crippen LogP contribution in [-0.4, -0.2) is 46.1 Å². The summed E-state index contributed by atoms with van der Waals surface area (Å²) < 4.78 is 5.29. The van der Waals surface area contributed by atoms with E-state index in [0.29, 0.717) is 12.6 Å². The predicted octanol–water partition coefficient (Wildman–Crippen LogP) is 1.17. The monoisotopic (exact) mass is 264 g/mol. The second kappa shape index (κ2) is 5.69. The van der Waals surface area contributed by atoms with Gasteiger partial charge in [-0.2, -0.15) is 0 Å². The predicted molar refractivity (Wildman–Crippen MR) is 67.1 cm³/mol. The van der Waals surface area contributed by atoms with Crippen LogP contribution in [0.25, 0.3) is 0 Å². The largest absolute Gasteiger partial charge is 0.481 e. The van der Waals surface area contributed by atoms with Gasteiger partial charge < -0.3 is 14.7 Å². The topological polar surface area (TPSA) is 79.7 Å². The number of pyridine rings is 1. The lowest BCUT2D eigenvalue weighted by Crippen LogP contribution is -2.36. The van der Waals surface area contributed by atoms with Gasteiger partial charge in [0.1, 0.15) is 0 Å². The maximum absolute atomic E-state index is 11.9. The van der Waals surface area contributed by atoms with Gasteiger partial charge in [-0.25, -0.2) is 9.78 Å². The van der Waals surface area contributed by atoms with Gasteiger partial charge >= 0.3 is 5.97 Å². The van der Waals surface area contributed by atoms with Crippen molar-refractivity contribution < 1.29 is 19.4 Å². The van der Waals surface area contributed by atoms with Crippen molar-refractivity contribution in [1.29, 1.82) is 0 Å². The Morgan fingerprint density at radius 3 is 2.84 bits per heavy atom. The third-order valence-corrected chi connectivity index (χ3v) is 2.97. The number of hydrogen-bond acceptors (Lipinski definition) is 4. The van der Waals surface area contributed by atoms with Crippen molar-refractivity contribution in [2.45, 2.75) is 25.8 Å². The van der Waals surface area contributed by atoms with Crippen LogP contribution in [-0.2, 0) is 4.79 Å². The smallest absolute Gasteiger partial charge is 0.358 e. The first-order valence-corrected chi connectivity index (χ1v) is 6.24. The molecular weight excluding hydrogens is 248 g/mol. The van der Waals surface area contributed by atoms with E-state index in [1.54, 1.807) is 11.0 Å². The highest BCUT2D eigenvalue weighted by Crippen LogP contribution is 2.26. The number of carboxylic acids is 1. The maximum atomic E-state index is 11.9. The number of carboxylic acid groups (broad SMARTS) is 1. The number of aromatic carboxylic acids is 1. The third-order valence-electron chi connectivity index (χ3n) is 2.97. The maximum Gasteiger partial charge on any atom is 0.358 e. The van der Waals surface area contributed by atoms with Gasteiger partial charge in [0.05, 0.1) is 0 Å². The summed E-state index contributed by atoms with van der Waals surface area (Å²) in [5.41, 5.74) is -0.176. The molecule has 2 rings (SSSR count). The third kappa shape index (κ3) is 3.21. The lowest BCUT2D eigenvalue weighted by Gasteiger charge is -2.20. The molecule has 0 atom stereocenters. The minimum Gasteiger partial charge on any atom is -0.481 e. The Morgan fingerprint density at radius 2 is 2.26 bits per heavy atom. The summed E-state index contributed by atoms with van der Waals surface area (Å²) in [5.74, 6) is -1.17. The van der Waals surface area contributed by atoms with Gasteiger partial charge in [-0.05, 0) is 31.9 Å². The molecule has 1 aliphatic carbocycles. The summed E-state index contributed by atoms with van der Waals surface area (Å²) in [7, 11) is 0. The van der Waals surface area contributed by atoms with Gasteiger partial charge in [-0.15, -0.1) is 0 Å². The average molecular weight is 264 g/mol. The fraction of sp³-hybridized carbons (Fsp3) is 0.462. The number of rotatable bonds is 6. The zero-order chi connectivity index (χ0) is 13.8. The quantitative estimate of drug-likeness (QED) is 0.834. The Morgan fingerprint density at radius 1 is 1.53 bits per heavy atom. The van der Waals surface area contributed by atoms with Crippen molar-refractivity contribution in [3.8, 4) is 5.75 Å². The Hall–Kier alpha value is -2.11. The number of amides is 1. The summed E-state index contributed by atoms with van der Waals surface area (Å²) in [6.45, 7) is 2.41. The van der Waals surface area contributed by atoms with Crippen LogP contribution >= 0.6 is 0 Å². The SMILES string of the molecule is CCN(C(=O)COc1cccnc1C(=O)O)C1CC1. The van der Waals surface area contributed by atoms with Crippen LogP contribution in [0.4, 0.5) is 0 Å². The van der Waals surface area contributed by atoms with E-state index in [1.165, 1.54) is 12.3 Å². The molecule has 0 bridgehead atoms. The Kier molecular flexibility index (Phi) is 3.99. The van der Waals surface area contributed by atoms with Crippen LogP contribution in [0.1, 0.15) is 30.3 Å². The molecule has 1 saturated carbocycles. The van der Waals surface area contributed by atoms with E-state index in [4.69, 9.17) is 9.84 Å². The van der Waals surface area contributed by atoms with Gasteiger partial charge in [-0.3, -0.25) is 4.79 Å². The second-order valence-electron chi connectivity index (χ2n) is 4.35. The summed E-state index contributed by atoms with van der Waals surface area (Å²) >= 11 is 0. The molecule has 6 heteroatoms. The first-order chi connectivity index (χ1) is 9.13. The van der Waals surface area contributed by atoms with Gasteiger partial charge in [0.25, 0.3) is 5.91 Å². The van der Waals surface area contributed by atoms with E-state index < -0.39 is 5.97 Å². The lowest BCUT2D eigenvalue weighted by molar-refractivity contribution is -0.133. The molecule has 0 unspecified atom stereocenters. The zero-order valence-corrected chi connectivity index (χ0v) is 10.7. The van der Waals surface area contributed by atoms with Crippen LogP contribution in [0.2, 0.25) is 0 Å². The van der Waals surface area contributed by atoms with E-state index in [9.17, 15) is 9.59 Å². The van der Waals surface area contributed by atoms with Crippen LogP contribution in [0.15, 0.2) is 18.3 Å². The minimum absolute atomic E-state index is 0.120. The van der Waals surface area contributed by atoms with Crippen molar-refractivity contribution in [2.24, 2.45) is 0 Å². The lowest BCUT2D eigenvalue weighted by atomic mass is 10.3. The van der Waals surface area contributed by atoms with Gasteiger partial charge in [0.2, 0.25) is 0 Å². The summed E-state index contributed by atoms with van der Waals surface area (Å²) in [4.78, 5) is 28.4. The van der Waals surface area contributed by atoms with Crippen molar-refractivity contribution in [2.75, 3.05) is 13.2 Å². The molecule has 1 N–H and O–H groups in total. The molecule has 0 aromatic carbocycles. The van der Waals surface area contributed by atoms with E-state index in [2.05, 4.69) is 4.98 Å². The molecule has 0 saturated heterocycles. The number of nitrogens with zero attached hydrogens (tertiary/aromatic N) is 2. The molecule has 1 aromatic rings. The minimum atomic E-state index is -1.17. The molecular formula is C13H16N2O4. The zero-order valence-electron chi connectivity index (χ0n) is 10.7. The second-order valence-corrected chi connectivity index (χ2v) is 4.35. The first-order valence-electron chi connectivity index (χ1n) is 6.24. The van der Waals surface area contributed by atoms with Crippen molar-refractivity contribution in [3.05, 3.63) is 24.0 Å². The number of likely N-dealkylation sites (N-methyl/N-ethyl adjacent to an activating group) is 1. The highest BCUT2D eigenvalue weighted by atomic mass is 16.5. The molecule has 6 nitrogen and oxygen atoms in total. The van der Waals surface area contributed by atoms with Crippen LogP contribution < -0.4 is 4.74 Å². The summed E-state index contributed by atoms with van der Waals surface area (Å²) in [6.07, 6.45) is 3.44. The van der Waals surface area contributed by atoms with E-state index in [0.717, 1.165) is 12.8 Å². The van der Waals surface area contributed by atoms with Crippen molar-refractivity contribution >= 4 is 11.9 Å². The molecule has 0 radical (unpaired) electrons. The van der Waals surface area contributed by atoms with Gasteiger partial charge in [0.15, 0.2) is 18.1 Å². The Balaban J connectivity index is 1.98. The van der Waals surface area contributed by atoms with Crippen LogP contribution in [0.5, 0.6) is 5.75 Å². The van der Waals surface area contributed by atoms with E-state index in [-0.39, 0.29) is 24.0 Å². The van der Waals surface area contributed by atoms with Crippen LogP contribution in [0.3, 0.4) is 0 Å². The summed E-state index contributed by atoms with van der Waals surface area (Å²) in [5, 5.41) is 8.95. The average Bonchev–Trinajstić information content (AvgIpc) is 3.22. The molecule has 1 aliphatic rings. The fourth-order valence-electron chi connectivity index (χ4n) is 1.91. The first kappa shape index (κ1) is 13.3. The molecule has 1 amide bonds. The summed E-state index contributed by atoms with van der Waals surface area (Å²) in [6, 6.07) is 3.40. The molecule has 1 heterocycles. The highest BCUT2D eigenvalue weighted by Gasteiger charge is 2.31. The number of aromatic nitrogens is 1. The van der Waals surface area contributed by atoms with Crippen LogP contribution in [0, 0.1) is 0 Å². The van der Waals surface area contributed by atoms with Crippen molar-refractivity contribution in [1.82, 2.24) is 9.88 Å². The fourth-order valence-corrected chi connectivity index (χ4v) is 1.91. The molecule has 0 spiro atoms. The number of carbonyl (C=O) groups excluding carboxylic acids is 1. The molecule has 1 aromatic heterocycles. The molecule has 19 heavy (non-hydrogen) atoms. The standard InChI is InChI=1S/C13H16N2O4/c1-2-15(9-5-6-9)11(16)8-19-10-4-3-7-14-12(10)13(17)18/h3-4,7,9H,2,5-6,8H2,1H3,(H,17,18). The Labute approximate surface area is 111 Å². The number of ether oxygens (including phenoxy) is 1. The van der Waals surface area contributed by atoms with Gasteiger partial charge in [-0.1, -0.05) is 0 Å². The number of carbonyl (C=O) groups is 2. The van der Waals surface area contributed by atoms with Crippen molar-refractivity contribution in [3.63, 3.8) is 0 Å². The molecule has 0 aliphatic heterocycles. The molecule has 102 valence electrons. The molecule has 1 fully saturated rings. The number of hydrogen-bond donors (Lipinski definition) is 1. The van der Waals surface area contributed by atoms with E-state index >= 15 is 0 Å². The normalized spacial score (nSPS) is 13.9. The van der Waals surface area contributed by atoms with Gasteiger partial charge in [0, 0.05) is 18.8 Å². The Bertz CT molecular complexity index is 485. The highest BCUT2D eigenvalue weighted by molar-refractivity contribution is 5.88. The van der Waals surface area contributed by atoms with E-state index in [1.807, 2.05) is 6.92 Å².